The van der Waals surface area contributed by atoms with Gasteiger partial charge in [0.15, 0.2) is 11.5 Å². The van der Waals surface area contributed by atoms with Crippen LogP contribution < -0.4 is 19.1 Å². The third kappa shape index (κ3) is 1.62. The lowest BCUT2D eigenvalue weighted by atomic mass is 10.0. The Balaban J connectivity index is 2.44. The van der Waals surface area contributed by atoms with Gasteiger partial charge in [-0.15, -0.1) is 0 Å². The first-order valence-corrected chi connectivity index (χ1v) is 6.94. The number of Topliss-reactive ketones (excluding diaryl/α,β-unsaturated/α-hetero) is 1. The highest BCUT2D eigenvalue weighted by Crippen LogP contribution is 2.56. The molecule has 7 heteroatoms. The van der Waals surface area contributed by atoms with Crippen LogP contribution in [0.5, 0.6) is 17.2 Å². The van der Waals surface area contributed by atoms with Gasteiger partial charge in [0.1, 0.15) is 11.4 Å². The first-order valence-electron chi connectivity index (χ1n) is 6.94. The Morgan fingerprint density at radius 1 is 0.957 bits per heavy atom. The number of ether oxygens (including phenoxy) is 4. The summed E-state index contributed by atoms with van der Waals surface area (Å²) in [7, 11) is 5.77. The molecule has 0 spiro atoms. The van der Waals surface area contributed by atoms with E-state index >= 15 is 0 Å². The smallest absolute Gasteiger partial charge is 0.253 e. The zero-order chi connectivity index (χ0) is 16.9. The molecule has 0 bridgehead atoms. The molecule has 1 amide bonds. The summed E-state index contributed by atoms with van der Waals surface area (Å²) in [6.45, 7) is 1.77. The number of hydrogen-bond acceptors (Lipinski definition) is 6. The molecule has 1 aromatic carbocycles. The van der Waals surface area contributed by atoms with E-state index in [1.807, 2.05) is 0 Å². The molecule has 122 valence electrons. The molecule has 0 unspecified atom stereocenters. The molecule has 0 radical (unpaired) electrons. The number of carbonyl (C=O) groups excluding carboxylic acids is 2. The van der Waals surface area contributed by atoms with Crippen molar-refractivity contribution < 1.29 is 28.5 Å². The Morgan fingerprint density at radius 3 is 2.09 bits per heavy atom. The average molecular weight is 319 g/mol. The Bertz CT molecular complexity index is 754. The average Bonchev–Trinajstić information content (AvgIpc) is 3.02. The first kappa shape index (κ1) is 15.4. The molecule has 0 saturated heterocycles. The van der Waals surface area contributed by atoms with Gasteiger partial charge in [-0.1, -0.05) is 0 Å². The second-order valence-electron chi connectivity index (χ2n) is 5.19. The maximum absolute atomic E-state index is 13.0. The van der Waals surface area contributed by atoms with Crippen LogP contribution in [-0.2, 0) is 9.53 Å². The third-order valence-electron chi connectivity index (χ3n) is 4.27. The first-order chi connectivity index (χ1) is 11.0. The van der Waals surface area contributed by atoms with Crippen molar-refractivity contribution in [2.45, 2.75) is 12.6 Å². The molecule has 7 nitrogen and oxygen atoms in total. The predicted molar refractivity (Wildman–Crippen MR) is 81.5 cm³/mol. The summed E-state index contributed by atoms with van der Waals surface area (Å²) >= 11 is 0. The highest BCUT2D eigenvalue weighted by atomic mass is 16.5. The third-order valence-corrected chi connectivity index (χ3v) is 4.27. The SMILES string of the molecule is COc1c(C)c(OC)c2c(c1OC)C(=O)[C@@]1(OC)C=CC(=O)N21. The number of fused-ring (bicyclic) bond motifs is 3. The minimum absolute atomic E-state index is 0.214. The Morgan fingerprint density at radius 2 is 1.57 bits per heavy atom. The van der Waals surface area contributed by atoms with E-state index in [1.165, 1.54) is 45.5 Å². The van der Waals surface area contributed by atoms with E-state index in [0.717, 1.165) is 0 Å². The lowest BCUT2D eigenvalue weighted by molar-refractivity contribution is -0.115. The number of methoxy groups -OCH3 is 4. The number of nitrogens with zero attached hydrogens (tertiary/aromatic N) is 1. The molecule has 0 N–H and O–H groups in total. The van der Waals surface area contributed by atoms with E-state index in [0.29, 0.717) is 22.7 Å². The minimum atomic E-state index is -1.50. The van der Waals surface area contributed by atoms with E-state index in [9.17, 15) is 9.59 Å². The van der Waals surface area contributed by atoms with Crippen molar-refractivity contribution in [1.82, 2.24) is 0 Å². The van der Waals surface area contributed by atoms with Crippen molar-refractivity contribution in [1.29, 1.82) is 0 Å². The Hall–Kier alpha value is -2.54. The molecular formula is C16H17NO6. The summed E-state index contributed by atoms with van der Waals surface area (Å²) in [6.07, 6.45) is 2.76. The number of benzene rings is 1. The summed E-state index contributed by atoms with van der Waals surface area (Å²) in [5.41, 5.74) is -0.320. The van der Waals surface area contributed by atoms with Gasteiger partial charge < -0.3 is 18.9 Å². The van der Waals surface area contributed by atoms with Crippen LogP contribution in [0.1, 0.15) is 15.9 Å². The maximum atomic E-state index is 13.0. The van der Waals surface area contributed by atoms with Crippen molar-refractivity contribution >= 4 is 17.4 Å². The highest BCUT2D eigenvalue weighted by Gasteiger charge is 2.59. The van der Waals surface area contributed by atoms with Crippen LogP contribution in [0.25, 0.3) is 0 Å². The van der Waals surface area contributed by atoms with Crippen LogP contribution in [0.4, 0.5) is 5.69 Å². The van der Waals surface area contributed by atoms with Gasteiger partial charge in [-0.25, -0.2) is 0 Å². The second kappa shape index (κ2) is 4.99. The standard InChI is InChI=1S/C16H17NO6/c1-8-12(20-2)11-10(14(22-4)13(8)21-3)15(19)16(23-5)7-6-9(18)17(11)16/h6-7H,1-5H3/t16-/m0/s1. The molecule has 23 heavy (non-hydrogen) atoms. The number of ketones is 1. The fourth-order valence-corrected chi connectivity index (χ4v) is 3.28. The molecule has 1 atom stereocenters. The molecule has 3 rings (SSSR count). The molecule has 2 aliphatic heterocycles. The molecule has 2 aliphatic rings. The summed E-state index contributed by atoms with van der Waals surface area (Å²) in [4.78, 5) is 26.7. The molecule has 0 saturated carbocycles. The second-order valence-corrected chi connectivity index (χ2v) is 5.19. The van der Waals surface area contributed by atoms with Crippen LogP contribution >= 0.6 is 0 Å². The molecular weight excluding hydrogens is 302 g/mol. The lowest BCUT2D eigenvalue weighted by Crippen LogP contribution is -2.49. The summed E-state index contributed by atoms with van der Waals surface area (Å²) < 4.78 is 21.7. The van der Waals surface area contributed by atoms with Crippen molar-refractivity contribution in [3.63, 3.8) is 0 Å². The largest absolute Gasteiger partial charge is 0.494 e. The van der Waals surface area contributed by atoms with Gasteiger partial charge in [-0.2, -0.15) is 0 Å². The van der Waals surface area contributed by atoms with Gasteiger partial charge in [-0.3, -0.25) is 14.5 Å². The van der Waals surface area contributed by atoms with Crippen molar-refractivity contribution in [3.05, 3.63) is 23.3 Å². The van der Waals surface area contributed by atoms with E-state index in [1.54, 1.807) is 6.92 Å². The number of hydrogen-bond donors (Lipinski definition) is 0. The van der Waals surface area contributed by atoms with Gasteiger partial charge in [0.2, 0.25) is 11.5 Å². The Labute approximate surface area is 133 Å². The zero-order valence-corrected chi connectivity index (χ0v) is 13.6. The molecule has 0 aromatic heterocycles. The summed E-state index contributed by atoms with van der Waals surface area (Å²) in [5.74, 6) is 0.273. The summed E-state index contributed by atoms with van der Waals surface area (Å²) in [6, 6.07) is 0. The normalized spacial score (nSPS) is 21.5. The van der Waals surface area contributed by atoms with Crippen LogP contribution in [0.2, 0.25) is 0 Å². The lowest BCUT2D eigenvalue weighted by Gasteiger charge is -2.28. The maximum Gasteiger partial charge on any atom is 0.253 e. The fourth-order valence-electron chi connectivity index (χ4n) is 3.28. The number of amides is 1. The van der Waals surface area contributed by atoms with Gasteiger partial charge in [0.25, 0.3) is 5.91 Å². The highest BCUT2D eigenvalue weighted by molar-refractivity contribution is 6.27. The molecule has 0 aliphatic carbocycles. The summed E-state index contributed by atoms with van der Waals surface area (Å²) in [5, 5.41) is 0. The fraction of sp³-hybridized carbons (Fsp3) is 0.375. The van der Waals surface area contributed by atoms with Crippen LogP contribution in [-0.4, -0.2) is 45.9 Å². The predicted octanol–water partition coefficient (Wildman–Crippen LogP) is 1.46. The Kier molecular flexibility index (Phi) is 3.33. The number of anilines is 1. The van der Waals surface area contributed by atoms with Crippen LogP contribution in [0, 0.1) is 6.92 Å². The van der Waals surface area contributed by atoms with Crippen molar-refractivity contribution in [3.8, 4) is 17.2 Å². The van der Waals surface area contributed by atoms with E-state index in [4.69, 9.17) is 18.9 Å². The molecule has 2 heterocycles. The van der Waals surface area contributed by atoms with Gasteiger partial charge in [0.05, 0.1) is 26.9 Å². The number of rotatable bonds is 4. The van der Waals surface area contributed by atoms with E-state index in [2.05, 4.69) is 0 Å². The van der Waals surface area contributed by atoms with Gasteiger partial charge in [-0.05, 0) is 13.0 Å². The molecule has 1 aromatic rings. The minimum Gasteiger partial charge on any atom is -0.494 e. The monoisotopic (exact) mass is 319 g/mol. The topological polar surface area (TPSA) is 74.3 Å². The molecule has 0 fully saturated rings. The van der Waals surface area contributed by atoms with E-state index in [-0.39, 0.29) is 17.2 Å². The van der Waals surface area contributed by atoms with Gasteiger partial charge >= 0.3 is 0 Å². The number of carbonyl (C=O) groups is 2. The van der Waals surface area contributed by atoms with Crippen molar-refractivity contribution in [2.75, 3.05) is 33.3 Å². The van der Waals surface area contributed by atoms with E-state index < -0.39 is 11.5 Å². The van der Waals surface area contributed by atoms with Gasteiger partial charge in [0, 0.05) is 18.7 Å². The van der Waals surface area contributed by atoms with Crippen LogP contribution in [0.3, 0.4) is 0 Å². The zero-order valence-electron chi connectivity index (χ0n) is 13.6. The van der Waals surface area contributed by atoms with Crippen molar-refractivity contribution in [2.24, 2.45) is 0 Å². The van der Waals surface area contributed by atoms with Crippen LogP contribution in [0.15, 0.2) is 12.2 Å². The quantitative estimate of drug-likeness (QED) is 0.836.